The Morgan fingerprint density at radius 3 is 2.66 bits per heavy atom. The van der Waals surface area contributed by atoms with E-state index in [1.165, 1.54) is 33.4 Å². The van der Waals surface area contributed by atoms with Crippen LogP contribution in [0.2, 0.25) is 0 Å². The molecule has 2 aromatic rings. The minimum absolute atomic E-state index is 0.139. The second-order valence-electron chi connectivity index (χ2n) is 6.99. The number of rotatable bonds is 7. The van der Waals surface area contributed by atoms with Crippen LogP contribution in [0.1, 0.15) is 23.5 Å². The number of amides is 1. The molecule has 0 aliphatic carbocycles. The number of nitrogens with zero attached hydrogens (tertiary/aromatic N) is 4. The topological polar surface area (TPSA) is 87.5 Å². The number of carbonyl (C=O) groups is 1. The van der Waals surface area contributed by atoms with E-state index in [0.29, 0.717) is 31.0 Å². The Morgan fingerprint density at radius 2 is 2.00 bits per heavy atom. The van der Waals surface area contributed by atoms with Gasteiger partial charge in [-0.2, -0.15) is 12.7 Å². The average molecular weight is 529 g/mol. The molecule has 0 unspecified atom stereocenters. The van der Waals surface area contributed by atoms with E-state index < -0.39 is 10.2 Å². The summed E-state index contributed by atoms with van der Waals surface area (Å²) in [4.78, 5) is 18.4. The second kappa shape index (κ2) is 8.84. The monoisotopic (exact) mass is 529 g/mol. The van der Waals surface area contributed by atoms with Gasteiger partial charge in [0.2, 0.25) is 5.91 Å². The van der Waals surface area contributed by atoms with Gasteiger partial charge < -0.3 is 10.2 Å². The number of hydrogen-bond acceptors (Lipinski definition) is 5. The third kappa shape index (κ3) is 4.81. The Morgan fingerprint density at radius 1 is 1.28 bits per heavy atom. The van der Waals surface area contributed by atoms with Crippen molar-refractivity contribution >= 4 is 38.7 Å². The lowest BCUT2D eigenvalue weighted by atomic mass is 10.1. The summed E-state index contributed by atoms with van der Waals surface area (Å²) in [5.74, 6) is 0.171. The largest absolute Gasteiger partial charge is 0.384 e. The number of imidazole rings is 1. The first-order chi connectivity index (χ1) is 13.7. The Bertz CT molecular complexity index is 1050. The molecule has 1 aliphatic rings. The van der Waals surface area contributed by atoms with Crippen LogP contribution in [0, 0.1) is 10.5 Å². The van der Waals surface area contributed by atoms with E-state index in [-0.39, 0.29) is 12.5 Å². The number of benzene rings is 1. The normalized spacial score (nSPS) is 15.0. The van der Waals surface area contributed by atoms with Crippen LogP contribution < -0.4 is 5.32 Å². The zero-order chi connectivity index (χ0) is 21.2. The van der Waals surface area contributed by atoms with Crippen LogP contribution in [0.3, 0.4) is 0 Å². The van der Waals surface area contributed by atoms with Crippen molar-refractivity contribution in [3.63, 3.8) is 0 Å². The lowest BCUT2D eigenvalue weighted by Gasteiger charge is -2.27. The van der Waals surface area contributed by atoms with Crippen LogP contribution in [0.15, 0.2) is 42.2 Å². The van der Waals surface area contributed by atoms with Crippen molar-refractivity contribution in [2.24, 2.45) is 0 Å². The third-order valence-corrected chi connectivity index (χ3v) is 7.64. The van der Waals surface area contributed by atoms with E-state index >= 15 is 0 Å². The number of hydrogen-bond donors (Lipinski definition) is 1. The minimum Gasteiger partial charge on any atom is -0.384 e. The number of aryl methyl sites for hydroxylation is 1. The summed E-state index contributed by atoms with van der Waals surface area (Å²) < 4.78 is 28.7. The standard InChI is InChI=1S/C19H24IN5O3S/c1-14-11-22-18(25(14)29(27,28)23(2)3)13-24-9-8-16(10-19(24)26)21-12-15-6-4-5-7-17(15)20/h4-7,10-11,21H,8-9,12-13H2,1-3H3. The van der Waals surface area contributed by atoms with Crippen molar-refractivity contribution in [1.29, 1.82) is 0 Å². The fraction of sp³-hybridized carbons (Fsp3) is 0.368. The summed E-state index contributed by atoms with van der Waals surface area (Å²) in [6.45, 7) is 2.98. The van der Waals surface area contributed by atoms with Gasteiger partial charge in [-0.25, -0.2) is 8.96 Å². The molecule has 29 heavy (non-hydrogen) atoms. The van der Waals surface area contributed by atoms with Crippen molar-refractivity contribution in [2.75, 3.05) is 20.6 Å². The highest BCUT2D eigenvalue weighted by Gasteiger charge is 2.26. The Balaban J connectivity index is 1.70. The van der Waals surface area contributed by atoms with Gasteiger partial charge >= 0.3 is 10.2 Å². The highest BCUT2D eigenvalue weighted by Crippen LogP contribution is 2.18. The van der Waals surface area contributed by atoms with E-state index in [2.05, 4.69) is 39.0 Å². The fourth-order valence-electron chi connectivity index (χ4n) is 3.06. The Labute approximate surface area is 184 Å². The first-order valence-electron chi connectivity index (χ1n) is 9.13. The number of carbonyl (C=O) groups excluding carboxylic acids is 1. The fourth-order valence-corrected chi connectivity index (χ4v) is 4.74. The van der Waals surface area contributed by atoms with E-state index in [9.17, 15) is 13.2 Å². The van der Waals surface area contributed by atoms with Crippen LogP contribution >= 0.6 is 22.6 Å². The molecule has 0 bridgehead atoms. The summed E-state index contributed by atoms with van der Waals surface area (Å²) in [5, 5.41) is 3.33. The lowest BCUT2D eigenvalue weighted by molar-refractivity contribution is -0.127. The van der Waals surface area contributed by atoms with Crippen molar-refractivity contribution in [3.8, 4) is 0 Å². The Hall–Kier alpha value is -1.92. The molecule has 1 aromatic carbocycles. The van der Waals surface area contributed by atoms with Gasteiger partial charge in [0.05, 0.1) is 12.2 Å². The summed E-state index contributed by atoms with van der Waals surface area (Å²) in [6, 6.07) is 8.09. The molecular weight excluding hydrogens is 505 g/mol. The first-order valence-corrected chi connectivity index (χ1v) is 11.6. The molecule has 8 nitrogen and oxygen atoms in total. The summed E-state index contributed by atoms with van der Waals surface area (Å²) in [5.41, 5.74) is 2.56. The summed E-state index contributed by atoms with van der Waals surface area (Å²) >= 11 is 2.29. The number of nitrogens with one attached hydrogen (secondary N) is 1. The zero-order valence-electron chi connectivity index (χ0n) is 16.6. The molecule has 2 heterocycles. The van der Waals surface area contributed by atoms with Gasteiger partial charge in [-0.15, -0.1) is 0 Å². The molecule has 0 atom stereocenters. The van der Waals surface area contributed by atoms with Crippen molar-refractivity contribution in [2.45, 2.75) is 26.4 Å². The van der Waals surface area contributed by atoms with Crippen molar-refractivity contribution in [1.82, 2.24) is 23.5 Å². The van der Waals surface area contributed by atoms with Gasteiger partial charge in [0.25, 0.3) is 0 Å². The molecule has 10 heteroatoms. The highest BCUT2D eigenvalue weighted by atomic mass is 127. The second-order valence-corrected chi connectivity index (χ2v) is 10.1. The van der Waals surface area contributed by atoms with Crippen LogP contribution in [0.5, 0.6) is 0 Å². The maximum absolute atomic E-state index is 12.6. The molecule has 3 rings (SSSR count). The minimum atomic E-state index is -3.70. The van der Waals surface area contributed by atoms with Crippen molar-refractivity contribution in [3.05, 3.63) is 62.9 Å². The predicted octanol–water partition coefficient (Wildman–Crippen LogP) is 1.86. The van der Waals surface area contributed by atoms with E-state index in [1.807, 2.05) is 18.2 Å². The van der Waals surface area contributed by atoms with Crippen LogP contribution in [0.4, 0.5) is 0 Å². The smallest absolute Gasteiger partial charge is 0.308 e. The molecule has 1 amide bonds. The highest BCUT2D eigenvalue weighted by molar-refractivity contribution is 14.1. The van der Waals surface area contributed by atoms with Gasteiger partial charge in [-0.05, 0) is 41.1 Å². The van der Waals surface area contributed by atoms with Gasteiger partial charge in [0.1, 0.15) is 5.82 Å². The summed E-state index contributed by atoms with van der Waals surface area (Å²) in [7, 11) is -0.753. The Kier molecular flexibility index (Phi) is 6.64. The average Bonchev–Trinajstić information content (AvgIpc) is 3.04. The SMILES string of the molecule is Cc1cnc(CN2CCC(NCc3ccccc3I)=CC2=O)n1S(=O)(=O)N(C)C. The molecule has 0 saturated heterocycles. The molecule has 0 spiro atoms. The molecule has 1 N–H and O–H groups in total. The maximum atomic E-state index is 12.6. The molecule has 1 aromatic heterocycles. The van der Waals surface area contributed by atoms with Crippen LogP contribution in [-0.2, 0) is 28.1 Å². The van der Waals surface area contributed by atoms with Crippen LogP contribution in [0.25, 0.3) is 0 Å². The van der Waals surface area contributed by atoms with Gasteiger partial charge in [0, 0.05) is 55.1 Å². The molecule has 0 saturated carbocycles. The van der Waals surface area contributed by atoms with Gasteiger partial charge in [-0.1, -0.05) is 18.2 Å². The maximum Gasteiger partial charge on any atom is 0.308 e. The van der Waals surface area contributed by atoms with Crippen molar-refractivity contribution < 1.29 is 13.2 Å². The van der Waals surface area contributed by atoms with E-state index in [4.69, 9.17) is 0 Å². The first kappa shape index (κ1) is 21.8. The molecular formula is C19H24IN5O3S. The van der Waals surface area contributed by atoms with Crippen LogP contribution in [-0.4, -0.2) is 53.1 Å². The van der Waals surface area contributed by atoms with Gasteiger partial charge in [-0.3, -0.25) is 4.79 Å². The predicted molar refractivity (Wildman–Crippen MR) is 119 cm³/mol. The number of halogens is 1. The summed E-state index contributed by atoms with van der Waals surface area (Å²) in [6.07, 6.45) is 3.77. The quantitative estimate of drug-likeness (QED) is 0.554. The third-order valence-electron chi connectivity index (χ3n) is 4.70. The van der Waals surface area contributed by atoms with E-state index in [1.54, 1.807) is 17.9 Å². The number of aromatic nitrogens is 2. The molecule has 0 radical (unpaired) electrons. The van der Waals surface area contributed by atoms with E-state index in [0.717, 1.165) is 10.0 Å². The molecule has 156 valence electrons. The van der Waals surface area contributed by atoms with Gasteiger partial charge in [0.15, 0.2) is 0 Å². The molecule has 1 aliphatic heterocycles. The lowest BCUT2D eigenvalue weighted by Crippen LogP contribution is -2.38. The zero-order valence-corrected chi connectivity index (χ0v) is 19.6. The molecule has 0 fully saturated rings.